The van der Waals surface area contributed by atoms with E-state index in [4.69, 9.17) is 0 Å². The topological polar surface area (TPSA) is 51.4 Å². The van der Waals surface area contributed by atoms with E-state index in [1.807, 2.05) is 48.9 Å². The Balaban J connectivity index is 1.67. The summed E-state index contributed by atoms with van der Waals surface area (Å²) in [5.41, 5.74) is 3.68. The van der Waals surface area contributed by atoms with Crippen molar-refractivity contribution in [1.29, 1.82) is 0 Å². The Morgan fingerprint density at radius 1 is 1.23 bits per heavy atom. The van der Waals surface area contributed by atoms with Gasteiger partial charge in [0.2, 0.25) is 0 Å². The molecule has 1 amide bonds. The molecule has 3 aromatic rings. The Kier molecular flexibility index (Phi) is 5.54. The third-order valence-corrected chi connectivity index (χ3v) is 5.42. The van der Waals surface area contributed by atoms with Crippen LogP contribution in [0, 0.1) is 13.8 Å². The van der Waals surface area contributed by atoms with Gasteiger partial charge >= 0.3 is 0 Å². The number of hydrogen-bond acceptors (Lipinski definition) is 3. The first kappa shape index (κ1) is 18.4. The van der Waals surface area contributed by atoms with Gasteiger partial charge in [0.25, 0.3) is 5.91 Å². The zero-order valence-corrected chi connectivity index (χ0v) is 16.4. The van der Waals surface area contributed by atoms with E-state index in [1.165, 1.54) is 9.78 Å². The van der Waals surface area contributed by atoms with E-state index in [-0.39, 0.29) is 11.9 Å². The number of amides is 1. The predicted octanol–water partition coefficient (Wildman–Crippen LogP) is 2.17. The Morgan fingerprint density at radius 3 is 2.50 bits per heavy atom. The van der Waals surface area contributed by atoms with Crippen molar-refractivity contribution >= 4 is 17.2 Å². The Labute approximate surface area is 158 Å². The molecule has 2 N–H and O–H groups in total. The van der Waals surface area contributed by atoms with Crippen LogP contribution >= 0.6 is 11.3 Å². The van der Waals surface area contributed by atoms with E-state index in [0.29, 0.717) is 12.1 Å². The summed E-state index contributed by atoms with van der Waals surface area (Å²) in [6, 6.07) is 14.0. The number of hydrogen-bond donors (Lipinski definition) is 2. The number of quaternary nitrogens is 1. The van der Waals surface area contributed by atoms with Crippen LogP contribution in [-0.2, 0) is 0 Å². The van der Waals surface area contributed by atoms with Crippen molar-refractivity contribution in [2.24, 2.45) is 0 Å². The van der Waals surface area contributed by atoms with E-state index >= 15 is 0 Å². The summed E-state index contributed by atoms with van der Waals surface area (Å²) in [6.07, 6.45) is 0. The first-order chi connectivity index (χ1) is 12.5. The largest absolute Gasteiger partial charge is 0.346 e. The fourth-order valence-corrected chi connectivity index (χ4v) is 3.97. The van der Waals surface area contributed by atoms with Gasteiger partial charge in [-0.1, -0.05) is 6.07 Å². The molecular formula is C20H25N4OS+. The standard InChI is InChI=1S/C20H24N4OS/c1-14-12-15(2)24(22-14)17-9-7-16(8-10-17)20(25)21-13-18(23(3)4)19-6-5-11-26-19/h5-12,18H,13H2,1-4H3,(H,21,25)/p+1/t18-/m0/s1. The lowest BCUT2D eigenvalue weighted by molar-refractivity contribution is -0.890. The first-order valence-corrected chi connectivity index (χ1v) is 9.59. The predicted molar refractivity (Wildman–Crippen MR) is 105 cm³/mol. The molecule has 0 bridgehead atoms. The van der Waals surface area contributed by atoms with Crippen molar-refractivity contribution in [1.82, 2.24) is 15.1 Å². The number of aryl methyl sites for hydroxylation is 2. The molecule has 136 valence electrons. The minimum atomic E-state index is -0.0484. The molecule has 0 unspecified atom stereocenters. The second kappa shape index (κ2) is 7.85. The van der Waals surface area contributed by atoms with Crippen LogP contribution in [0.5, 0.6) is 0 Å². The van der Waals surface area contributed by atoms with Crippen molar-refractivity contribution in [3.8, 4) is 5.69 Å². The van der Waals surface area contributed by atoms with Crippen molar-refractivity contribution < 1.29 is 9.69 Å². The van der Waals surface area contributed by atoms with E-state index in [1.54, 1.807) is 11.3 Å². The number of nitrogens with zero attached hydrogens (tertiary/aromatic N) is 2. The van der Waals surface area contributed by atoms with Crippen LogP contribution in [0.2, 0.25) is 0 Å². The number of nitrogens with one attached hydrogen (secondary N) is 2. The SMILES string of the molecule is Cc1cc(C)n(-c2ccc(C(=O)NC[C@@H](c3cccs3)[NH+](C)C)cc2)n1. The third-order valence-electron chi connectivity index (χ3n) is 4.43. The quantitative estimate of drug-likeness (QED) is 0.700. The maximum atomic E-state index is 12.5. The van der Waals surface area contributed by atoms with Gasteiger partial charge in [-0.05, 0) is 55.6 Å². The van der Waals surface area contributed by atoms with Crippen LogP contribution in [0.1, 0.15) is 32.7 Å². The van der Waals surface area contributed by atoms with Crippen molar-refractivity contribution in [2.45, 2.75) is 19.9 Å². The Hall–Kier alpha value is -2.44. The van der Waals surface area contributed by atoms with Crippen LogP contribution in [0.3, 0.4) is 0 Å². The number of benzene rings is 1. The van der Waals surface area contributed by atoms with E-state index in [0.717, 1.165) is 17.1 Å². The lowest BCUT2D eigenvalue weighted by atomic mass is 10.1. The molecule has 0 aliphatic carbocycles. The minimum absolute atomic E-state index is 0.0484. The molecule has 2 aromatic heterocycles. The number of likely N-dealkylation sites (N-methyl/N-ethyl adjacent to an activating group) is 1. The van der Waals surface area contributed by atoms with Crippen LogP contribution in [0.15, 0.2) is 47.8 Å². The molecule has 3 rings (SSSR count). The van der Waals surface area contributed by atoms with Gasteiger partial charge in [-0.3, -0.25) is 4.79 Å². The Morgan fingerprint density at radius 2 is 1.96 bits per heavy atom. The highest BCUT2D eigenvalue weighted by Gasteiger charge is 2.20. The first-order valence-electron chi connectivity index (χ1n) is 8.71. The van der Waals surface area contributed by atoms with Gasteiger partial charge in [0.05, 0.1) is 36.9 Å². The molecule has 0 radical (unpaired) electrons. The number of carbonyl (C=O) groups is 1. The van der Waals surface area contributed by atoms with Gasteiger partial charge in [-0.15, -0.1) is 11.3 Å². The molecule has 5 nitrogen and oxygen atoms in total. The van der Waals surface area contributed by atoms with Gasteiger partial charge in [0, 0.05) is 11.3 Å². The van der Waals surface area contributed by atoms with Gasteiger partial charge in [-0.25, -0.2) is 4.68 Å². The molecule has 1 aromatic carbocycles. The lowest BCUT2D eigenvalue weighted by Gasteiger charge is -2.20. The zero-order valence-electron chi connectivity index (χ0n) is 15.6. The molecule has 0 aliphatic rings. The van der Waals surface area contributed by atoms with Crippen molar-refractivity contribution in [3.05, 3.63) is 69.7 Å². The minimum Gasteiger partial charge on any atom is -0.346 e. The molecule has 1 atom stereocenters. The van der Waals surface area contributed by atoms with Gasteiger partial charge < -0.3 is 10.2 Å². The Bertz CT molecular complexity index is 866. The molecule has 0 spiro atoms. The van der Waals surface area contributed by atoms with E-state index in [2.05, 4.69) is 42.0 Å². The maximum absolute atomic E-state index is 12.5. The van der Waals surface area contributed by atoms with Crippen LogP contribution in [0.25, 0.3) is 5.69 Å². The molecule has 0 saturated carbocycles. The molecule has 0 aliphatic heterocycles. The fourth-order valence-electron chi connectivity index (χ4n) is 3.02. The van der Waals surface area contributed by atoms with Gasteiger partial charge in [-0.2, -0.15) is 5.10 Å². The second-order valence-electron chi connectivity index (χ2n) is 6.74. The average Bonchev–Trinajstić information content (AvgIpc) is 3.24. The number of rotatable bonds is 6. The molecule has 0 fully saturated rings. The molecule has 26 heavy (non-hydrogen) atoms. The van der Waals surface area contributed by atoms with Crippen molar-refractivity contribution in [2.75, 3.05) is 20.6 Å². The van der Waals surface area contributed by atoms with Crippen molar-refractivity contribution in [3.63, 3.8) is 0 Å². The molecule has 6 heteroatoms. The summed E-state index contributed by atoms with van der Waals surface area (Å²) < 4.78 is 1.89. The van der Waals surface area contributed by atoms with Crippen LogP contribution < -0.4 is 10.2 Å². The second-order valence-corrected chi connectivity index (χ2v) is 7.72. The monoisotopic (exact) mass is 369 g/mol. The van der Waals surface area contributed by atoms with Crippen LogP contribution in [0.4, 0.5) is 0 Å². The average molecular weight is 370 g/mol. The van der Waals surface area contributed by atoms with Gasteiger partial charge in [0.1, 0.15) is 6.04 Å². The highest BCUT2D eigenvalue weighted by molar-refractivity contribution is 7.10. The summed E-state index contributed by atoms with van der Waals surface area (Å²) in [4.78, 5) is 15.1. The normalized spacial score (nSPS) is 12.3. The molecule has 0 saturated heterocycles. The van der Waals surface area contributed by atoms with Gasteiger partial charge in [0.15, 0.2) is 0 Å². The number of aromatic nitrogens is 2. The summed E-state index contributed by atoms with van der Waals surface area (Å²) in [5.74, 6) is -0.0484. The lowest BCUT2D eigenvalue weighted by Crippen LogP contribution is -3.06. The summed E-state index contributed by atoms with van der Waals surface area (Å²) in [5, 5.41) is 9.62. The van der Waals surface area contributed by atoms with Crippen LogP contribution in [-0.4, -0.2) is 36.3 Å². The summed E-state index contributed by atoms with van der Waals surface area (Å²) in [6.45, 7) is 4.61. The zero-order chi connectivity index (χ0) is 18.7. The fraction of sp³-hybridized carbons (Fsp3) is 0.300. The van der Waals surface area contributed by atoms with E-state index in [9.17, 15) is 4.79 Å². The smallest absolute Gasteiger partial charge is 0.251 e. The number of carbonyl (C=O) groups excluding carboxylic acids is 1. The summed E-state index contributed by atoms with van der Waals surface area (Å²) in [7, 11) is 4.22. The maximum Gasteiger partial charge on any atom is 0.251 e. The third kappa shape index (κ3) is 4.03. The molecule has 2 heterocycles. The highest BCUT2D eigenvalue weighted by atomic mass is 32.1. The highest BCUT2D eigenvalue weighted by Crippen LogP contribution is 2.16. The summed E-state index contributed by atoms with van der Waals surface area (Å²) >= 11 is 1.73. The molecular weight excluding hydrogens is 344 g/mol. The number of thiophene rings is 1. The van der Waals surface area contributed by atoms with E-state index < -0.39 is 0 Å².